The lowest BCUT2D eigenvalue weighted by atomic mass is 10.2. The molecule has 0 spiro atoms. The van der Waals surface area contributed by atoms with Gasteiger partial charge in [-0.3, -0.25) is 0 Å². The summed E-state index contributed by atoms with van der Waals surface area (Å²) in [7, 11) is 1.80. The molecule has 2 aromatic rings. The van der Waals surface area contributed by atoms with Crippen LogP contribution in [-0.4, -0.2) is 26.3 Å². The molecule has 8 heteroatoms. The summed E-state index contributed by atoms with van der Waals surface area (Å²) < 4.78 is 29.3. The molecule has 0 saturated carbocycles. The van der Waals surface area contributed by atoms with Crippen molar-refractivity contribution >= 4 is 22.9 Å². The van der Waals surface area contributed by atoms with Gasteiger partial charge in [-0.05, 0) is 12.1 Å². The molecule has 0 aliphatic rings. The van der Waals surface area contributed by atoms with Crippen LogP contribution in [0.25, 0.3) is 0 Å². The fraction of sp³-hybridized carbons (Fsp3) is 0.250. The van der Waals surface area contributed by atoms with E-state index in [9.17, 15) is 8.78 Å². The zero-order valence-corrected chi connectivity index (χ0v) is 11.5. The predicted octanol–water partition coefficient (Wildman–Crippen LogP) is 1.38. The summed E-state index contributed by atoms with van der Waals surface area (Å²) in [5.41, 5.74) is 5.30. The zero-order valence-electron chi connectivity index (χ0n) is 10.7. The molecule has 2 rings (SSSR count). The van der Waals surface area contributed by atoms with Crippen molar-refractivity contribution in [1.29, 1.82) is 0 Å². The number of nitrogens with two attached hydrogens (primary N) is 1. The number of anilines is 1. The van der Waals surface area contributed by atoms with Gasteiger partial charge in [-0.1, -0.05) is 12.2 Å². The molecule has 5 nitrogen and oxygen atoms in total. The zero-order chi connectivity index (χ0) is 14.7. The Hall–Kier alpha value is -2.09. The number of aromatic nitrogens is 3. The maximum Gasteiger partial charge on any atom is 0.150 e. The largest absolute Gasteiger partial charge is 0.389 e. The van der Waals surface area contributed by atoms with E-state index < -0.39 is 11.6 Å². The number of halogens is 2. The standard InChI is InChI=1S/C12H13F2N5S/c1-19-6-17-18-10(19)2-3-16-11-8(13)4-7(12(15)20)5-9(11)14/h4-6,16H,2-3H2,1H3,(H2,15,20). The quantitative estimate of drug-likeness (QED) is 0.816. The highest BCUT2D eigenvalue weighted by molar-refractivity contribution is 7.80. The third kappa shape index (κ3) is 3.08. The lowest BCUT2D eigenvalue weighted by molar-refractivity contribution is 0.587. The summed E-state index contributed by atoms with van der Waals surface area (Å²) in [5.74, 6) is -0.741. The van der Waals surface area contributed by atoms with Crippen LogP contribution < -0.4 is 11.1 Å². The highest BCUT2D eigenvalue weighted by Crippen LogP contribution is 2.20. The Balaban J connectivity index is 2.06. The fourth-order valence-electron chi connectivity index (χ4n) is 1.72. The van der Waals surface area contributed by atoms with Crippen molar-refractivity contribution < 1.29 is 8.78 Å². The van der Waals surface area contributed by atoms with E-state index in [4.69, 9.17) is 5.73 Å². The number of thiocarbonyl (C=S) groups is 1. The van der Waals surface area contributed by atoms with Crippen LogP contribution in [0.2, 0.25) is 0 Å². The van der Waals surface area contributed by atoms with Crippen LogP contribution >= 0.6 is 12.2 Å². The molecule has 0 unspecified atom stereocenters. The minimum absolute atomic E-state index is 0.0477. The molecule has 0 fully saturated rings. The fourth-order valence-corrected chi connectivity index (χ4v) is 1.83. The average molecular weight is 297 g/mol. The van der Waals surface area contributed by atoms with Gasteiger partial charge in [0.25, 0.3) is 0 Å². The van der Waals surface area contributed by atoms with Crippen LogP contribution in [-0.2, 0) is 13.5 Å². The Morgan fingerprint density at radius 2 is 2.05 bits per heavy atom. The molecule has 1 aromatic heterocycles. The van der Waals surface area contributed by atoms with E-state index in [1.165, 1.54) is 0 Å². The summed E-state index contributed by atoms with van der Waals surface area (Å²) in [6.07, 6.45) is 2.06. The average Bonchev–Trinajstić information content (AvgIpc) is 2.78. The van der Waals surface area contributed by atoms with Crippen LogP contribution in [0.1, 0.15) is 11.4 Å². The molecule has 0 saturated heterocycles. The van der Waals surface area contributed by atoms with Crippen molar-refractivity contribution in [3.05, 3.63) is 41.5 Å². The summed E-state index contributed by atoms with van der Waals surface area (Å²) in [5, 5.41) is 10.3. The Morgan fingerprint density at radius 1 is 1.40 bits per heavy atom. The van der Waals surface area contributed by atoms with Crippen LogP contribution in [0.5, 0.6) is 0 Å². The van der Waals surface area contributed by atoms with Crippen LogP contribution in [0, 0.1) is 11.6 Å². The molecular formula is C12H13F2N5S. The van der Waals surface area contributed by atoms with Gasteiger partial charge in [-0.25, -0.2) is 8.78 Å². The van der Waals surface area contributed by atoms with Crippen molar-refractivity contribution in [3.63, 3.8) is 0 Å². The molecule has 0 aliphatic heterocycles. The third-order valence-corrected chi connectivity index (χ3v) is 3.02. The lowest BCUT2D eigenvalue weighted by Crippen LogP contribution is -2.14. The van der Waals surface area contributed by atoms with Crippen LogP contribution in [0.15, 0.2) is 18.5 Å². The van der Waals surface area contributed by atoms with E-state index in [0.717, 1.165) is 18.0 Å². The topological polar surface area (TPSA) is 68.8 Å². The molecule has 1 heterocycles. The van der Waals surface area contributed by atoms with Crippen molar-refractivity contribution in [2.75, 3.05) is 11.9 Å². The normalized spacial score (nSPS) is 10.6. The van der Waals surface area contributed by atoms with Gasteiger partial charge in [-0.15, -0.1) is 10.2 Å². The van der Waals surface area contributed by atoms with Gasteiger partial charge in [0.1, 0.15) is 34.5 Å². The first-order valence-corrected chi connectivity index (χ1v) is 6.25. The van der Waals surface area contributed by atoms with Crippen LogP contribution in [0.4, 0.5) is 14.5 Å². The summed E-state index contributed by atoms with van der Waals surface area (Å²) in [6.45, 7) is 0.326. The molecule has 0 aliphatic carbocycles. The second-order valence-corrected chi connectivity index (χ2v) is 4.65. The third-order valence-electron chi connectivity index (χ3n) is 2.78. The lowest BCUT2D eigenvalue weighted by Gasteiger charge is -2.10. The van der Waals surface area contributed by atoms with Crippen molar-refractivity contribution in [2.24, 2.45) is 12.8 Å². The first-order chi connectivity index (χ1) is 9.49. The monoisotopic (exact) mass is 297 g/mol. The predicted molar refractivity (Wildman–Crippen MR) is 75.4 cm³/mol. The number of rotatable bonds is 5. The summed E-state index contributed by atoms with van der Waals surface area (Å²) in [4.78, 5) is -0.0477. The van der Waals surface area contributed by atoms with Gasteiger partial charge in [0.05, 0.1) is 0 Å². The second kappa shape index (κ2) is 5.91. The van der Waals surface area contributed by atoms with E-state index in [-0.39, 0.29) is 16.2 Å². The van der Waals surface area contributed by atoms with E-state index in [1.807, 2.05) is 0 Å². The van der Waals surface area contributed by atoms with E-state index in [1.54, 1.807) is 17.9 Å². The molecule has 1 aromatic carbocycles. The number of hydrogen-bond acceptors (Lipinski definition) is 4. The highest BCUT2D eigenvalue weighted by atomic mass is 32.1. The molecule has 20 heavy (non-hydrogen) atoms. The summed E-state index contributed by atoms with van der Waals surface area (Å²) in [6, 6.07) is 2.21. The second-order valence-electron chi connectivity index (χ2n) is 4.21. The molecular weight excluding hydrogens is 284 g/mol. The van der Waals surface area contributed by atoms with Crippen molar-refractivity contribution in [1.82, 2.24) is 14.8 Å². The summed E-state index contributed by atoms with van der Waals surface area (Å²) >= 11 is 4.69. The Morgan fingerprint density at radius 3 is 2.55 bits per heavy atom. The van der Waals surface area contributed by atoms with E-state index >= 15 is 0 Å². The Kier molecular flexibility index (Phi) is 4.23. The maximum atomic E-state index is 13.8. The first kappa shape index (κ1) is 14.3. The molecule has 106 valence electrons. The van der Waals surface area contributed by atoms with E-state index in [0.29, 0.717) is 13.0 Å². The smallest absolute Gasteiger partial charge is 0.150 e. The molecule has 0 atom stereocenters. The number of hydrogen-bond donors (Lipinski definition) is 2. The number of nitrogens with zero attached hydrogens (tertiary/aromatic N) is 3. The minimum Gasteiger partial charge on any atom is -0.389 e. The number of benzene rings is 1. The number of nitrogens with one attached hydrogen (secondary N) is 1. The highest BCUT2D eigenvalue weighted by Gasteiger charge is 2.12. The molecule has 3 N–H and O–H groups in total. The van der Waals surface area contributed by atoms with Gasteiger partial charge in [0.2, 0.25) is 0 Å². The Bertz CT molecular complexity index is 618. The van der Waals surface area contributed by atoms with Gasteiger partial charge in [0, 0.05) is 25.6 Å². The van der Waals surface area contributed by atoms with Gasteiger partial charge in [-0.2, -0.15) is 0 Å². The molecule has 0 radical (unpaired) electrons. The van der Waals surface area contributed by atoms with Gasteiger partial charge >= 0.3 is 0 Å². The molecule has 0 bridgehead atoms. The number of aryl methyl sites for hydroxylation is 1. The van der Waals surface area contributed by atoms with Gasteiger partial charge in [0.15, 0.2) is 0 Å². The van der Waals surface area contributed by atoms with Gasteiger partial charge < -0.3 is 15.6 Å². The minimum atomic E-state index is -0.731. The van der Waals surface area contributed by atoms with Crippen molar-refractivity contribution in [2.45, 2.75) is 6.42 Å². The van der Waals surface area contributed by atoms with Crippen molar-refractivity contribution in [3.8, 4) is 0 Å². The Labute approximate surface area is 119 Å². The SMILES string of the molecule is Cn1cnnc1CCNc1c(F)cc(C(N)=S)cc1F. The van der Waals surface area contributed by atoms with E-state index in [2.05, 4.69) is 27.7 Å². The maximum absolute atomic E-state index is 13.8. The molecule has 0 amide bonds. The van der Waals surface area contributed by atoms with Crippen LogP contribution in [0.3, 0.4) is 0 Å². The first-order valence-electron chi connectivity index (χ1n) is 5.84.